The highest BCUT2D eigenvalue weighted by Gasteiger charge is 2.31. The summed E-state index contributed by atoms with van der Waals surface area (Å²) < 4.78 is 17.2. The molecule has 1 fully saturated rings. The quantitative estimate of drug-likeness (QED) is 0.430. The summed E-state index contributed by atoms with van der Waals surface area (Å²) in [6.07, 6.45) is 5.28. The second-order valence-electron chi connectivity index (χ2n) is 8.38. The first-order valence-corrected chi connectivity index (χ1v) is 11.2. The fourth-order valence-corrected chi connectivity index (χ4v) is 4.26. The second-order valence-corrected chi connectivity index (χ2v) is 8.76. The van der Waals surface area contributed by atoms with E-state index in [0.717, 1.165) is 12.8 Å². The standard InChI is InChI=1S/C24H23ClFN5O2/c1-14-23(25)21(10-22(28-14)29-19(13-32)15-6-7-15)30-9-8-20-17(24(30)33)11-27-31(20)12-16-4-2-3-5-18(16)26/h2-5,8-11,15,19,32H,6-7,12-13H2,1H3,(H,28,29)/t19-/m1/s1. The van der Waals surface area contributed by atoms with Crippen molar-refractivity contribution >= 4 is 28.3 Å². The summed E-state index contributed by atoms with van der Waals surface area (Å²) in [5.74, 6) is 0.664. The molecule has 4 aromatic rings. The van der Waals surface area contributed by atoms with Crippen LogP contribution in [0, 0.1) is 18.7 Å². The van der Waals surface area contributed by atoms with E-state index in [0.29, 0.717) is 44.6 Å². The summed E-state index contributed by atoms with van der Waals surface area (Å²) in [6.45, 7) is 2.00. The van der Waals surface area contributed by atoms with E-state index < -0.39 is 0 Å². The maximum Gasteiger partial charge on any atom is 0.266 e. The first-order chi connectivity index (χ1) is 16.0. The summed E-state index contributed by atoms with van der Waals surface area (Å²) in [4.78, 5) is 17.8. The van der Waals surface area contributed by atoms with Gasteiger partial charge in [0.2, 0.25) is 0 Å². The van der Waals surface area contributed by atoms with Gasteiger partial charge < -0.3 is 10.4 Å². The summed E-state index contributed by atoms with van der Waals surface area (Å²) in [7, 11) is 0. The van der Waals surface area contributed by atoms with E-state index in [9.17, 15) is 14.3 Å². The molecule has 0 spiro atoms. The molecule has 1 aliphatic rings. The van der Waals surface area contributed by atoms with E-state index in [-0.39, 0.29) is 30.6 Å². The van der Waals surface area contributed by atoms with Crippen LogP contribution < -0.4 is 10.9 Å². The van der Waals surface area contributed by atoms with Gasteiger partial charge in [-0.15, -0.1) is 0 Å². The van der Waals surface area contributed by atoms with Crippen LogP contribution in [0.25, 0.3) is 16.6 Å². The molecule has 0 aliphatic heterocycles. The monoisotopic (exact) mass is 467 g/mol. The van der Waals surface area contributed by atoms with E-state index in [2.05, 4.69) is 15.4 Å². The smallest absolute Gasteiger partial charge is 0.266 e. The number of rotatable bonds is 7. The molecule has 170 valence electrons. The summed E-state index contributed by atoms with van der Waals surface area (Å²) in [6, 6.07) is 9.90. The third-order valence-corrected chi connectivity index (χ3v) is 6.54. The van der Waals surface area contributed by atoms with Crippen LogP contribution in [0.5, 0.6) is 0 Å². The number of aliphatic hydroxyl groups is 1. The van der Waals surface area contributed by atoms with Gasteiger partial charge in [0.15, 0.2) is 0 Å². The van der Waals surface area contributed by atoms with E-state index in [4.69, 9.17) is 11.6 Å². The zero-order valence-corrected chi connectivity index (χ0v) is 18.8. The molecule has 0 radical (unpaired) electrons. The van der Waals surface area contributed by atoms with Crippen LogP contribution in [0.2, 0.25) is 5.02 Å². The average molecular weight is 468 g/mol. The van der Waals surface area contributed by atoms with Crippen molar-refractivity contribution in [2.45, 2.75) is 32.4 Å². The fourth-order valence-electron chi connectivity index (χ4n) is 4.07. The van der Waals surface area contributed by atoms with E-state index in [1.807, 2.05) is 0 Å². The first-order valence-electron chi connectivity index (χ1n) is 10.8. The SMILES string of the molecule is Cc1nc(N[C@H](CO)C2CC2)cc(-n2ccc3c(cnn3Cc3ccccc3F)c2=O)c1Cl. The van der Waals surface area contributed by atoms with Gasteiger partial charge in [-0.2, -0.15) is 5.10 Å². The molecular weight excluding hydrogens is 445 g/mol. The van der Waals surface area contributed by atoms with Crippen molar-refractivity contribution in [2.75, 3.05) is 11.9 Å². The molecular formula is C24H23ClFN5O2. The molecule has 9 heteroatoms. The van der Waals surface area contributed by atoms with Crippen LogP contribution in [0.15, 0.2) is 53.6 Å². The van der Waals surface area contributed by atoms with Gasteiger partial charge in [0.25, 0.3) is 5.56 Å². The molecule has 0 amide bonds. The Hall–Kier alpha value is -3.23. The van der Waals surface area contributed by atoms with Gasteiger partial charge in [0, 0.05) is 17.8 Å². The third kappa shape index (κ3) is 4.12. The van der Waals surface area contributed by atoms with Crippen molar-refractivity contribution in [2.24, 2.45) is 5.92 Å². The molecule has 5 rings (SSSR count). The Bertz CT molecular complexity index is 1400. The zero-order chi connectivity index (χ0) is 23.1. The number of fused-ring (bicyclic) bond motifs is 1. The number of pyridine rings is 2. The van der Waals surface area contributed by atoms with E-state index >= 15 is 0 Å². The number of aryl methyl sites for hydroxylation is 1. The summed E-state index contributed by atoms with van der Waals surface area (Å²) in [5.41, 5.74) is 1.88. The number of benzene rings is 1. The Balaban J connectivity index is 1.53. The maximum atomic E-state index is 14.1. The molecule has 7 nitrogen and oxygen atoms in total. The number of anilines is 1. The molecule has 0 bridgehead atoms. The lowest BCUT2D eigenvalue weighted by Gasteiger charge is -2.18. The van der Waals surface area contributed by atoms with Crippen molar-refractivity contribution < 1.29 is 9.50 Å². The number of hydrogen-bond acceptors (Lipinski definition) is 5. The fraction of sp³-hybridized carbons (Fsp3) is 0.292. The number of hydrogen-bond donors (Lipinski definition) is 2. The number of aliphatic hydroxyl groups excluding tert-OH is 1. The Morgan fingerprint density at radius 3 is 2.82 bits per heavy atom. The van der Waals surface area contributed by atoms with Gasteiger partial charge in [0.1, 0.15) is 11.6 Å². The van der Waals surface area contributed by atoms with Crippen LogP contribution in [-0.2, 0) is 6.54 Å². The Labute approximate surface area is 194 Å². The molecule has 33 heavy (non-hydrogen) atoms. The van der Waals surface area contributed by atoms with Crippen LogP contribution in [0.3, 0.4) is 0 Å². The van der Waals surface area contributed by atoms with Crippen LogP contribution in [0.1, 0.15) is 24.1 Å². The molecule has 0 unspecified atom stereocenters. The van der Waals surface area contributed by atoms with Gasteiger partial charge in [-0.1, -0.05) is 29.8 Å². The zero-order valence-electron chi connectivity index (χ0n) is 18.0. The lowest BCUT2D eigenvalue weighted by molar-refractivity contribution is 0.263. The van der Waals surface area contributed by atoms with Crippen LogP contribution in [-0.4, -0.2) is 37.1 Å². The van der Waals surface area contributed by atoms with Crippen LogP contribution >= 0.6 is 11.6 Å². The molecule has 3 heterocycles. The highest BCUT2D eigenvalue weighted by molar-refractivity contribution is 6.33. The van der Waals surface area contributed by atoms with E-state index in [1.54, 1.807) is 48.1 Å². The van der Waals surface area contributed by atoms with Gasteiger partial charge in [-0.25, -0.2) is 9.37 Å². The van der Waals surface area contributed by atoms with E-state index in [1.165, 1.54) is 16.8 Å². The molecule has 1 atom stereocenters. The summed E-state index contributed by atoms with van der Waals surface area (Å²) in [5, 5.41) is 18.1. The first kappa shape index (κ1) is 21.6. The van der Waals surface area contributed by atoms with Crippen LogP contribution in [0.4, 0.5) is 10.2 Å². The predicted molar refractivity (Wildman–Crippen MR) is 126 cm³/mol. The third-order valence-electron chi connectivity index (χ3n) is 6.07. The largest absolute Gasteiger partial charge is 0.394 e. The highest BCUT2D eigenvalue weighted by atomic mass is 35.5. The van der Waals surface area contributed by atoms with Gasteiger partial charge in [0.05, 0.1) is 52.7 Å². The van der Waals surface area contributed by atoms with Gasteiger partial charge >= 0.3 is 0 Å². The normalized spacial score (nSPS) is 14.5. The van der Waals surface area contributed by atoms with Crippen molar-refractivity contribution in [1.29, 1.82) is 0 Å². The minimum absolute atomic E-state index is 0.0104. The number of nitrogens with zero attached hydrogens (tertiary/aromatic N) is 4. The van der Waals surface area contributed by atoms with Crippen molar-refractivity contribution in [3.63, 3.8) is 0 Å². The van der Waals surface area contributed by atoms with Gasteiger partial charge in [-0.05, 0) is 37.8 Å². The highest BCUT2D eigenvalue weighted by Crippen LogP contribution is 2.34. The Kier molecular flexibility index (Phi) is 5.64. The predicted octanol–water partition coefficient (Wildman–Crippen LogP) is 3.91. The lowest BCUT2D eigenvalue weighted by atomic mass is 10.2. The second kappa shape index (κ2) is 8.61. The van der Waals surface area contributed by atoms with Crippen molar-refractivity contribution in [1.82, 2.24) is 19.3 Å². The molecule has 0 saturated heterocycles. The average Bonchev–Trinajstić information content (AvgIpc) is 3.57. The number of aromatic nitrogens is 4. The minimum Gasteiger partial charge on any atom is -0.394 e. The van der Waals surface area contributed by atoms with Gasteiger partial charge in [-0.3, -0.25) is 14.0 Å². The minimum atomic E-state index is -0.319. The Morgan fingerprint density at radius 2 is 2.09 bits per heavy atom. The molecule has 1 aliphatic carbocycles. The number of nitrogens with one attached hydrogen (secondary N) is 1. The molecule has 2 N–H and O–H groups in total. The van der Waals surface area contributed by atoms with Crippen molar-refractivity contribution in [3.05, 3.63) is 81.2 Å². The van der Waals surface area contributed by atoms with Crippen molar-refractivity contribution in [3.8, 4) is 5.69 Å². The maximum absolute atomic E-state index is 14.1. The molecule has 3 aromatic heterocycles. The molecule has 1 saturated carbocycles. The lowest BCUT2D eigenvalue weighted by Crippen LogP contribution is -2.27. The topological polar surface area (TPSA) is 85.0 Å². The Morgan fingerprint density at radius 1 is 1.30 bits per heavy atom. The molecule has 1 aromatic carbocycles. The number of halogens is 2. The summed E-state index contributed by atoms with van der Waals surface area (Å²) >= 11 is 6.54.